The number of thiazole rings is 1. The van der Waals surface area contributed by atoms with Crippen LogP contribution in [0.15, 0.2) is 42.5 Å². The lowest BCUT2D eigenvalue weighted by Crippen LogP contribution is -2.09. The van der Waals surface area contributed by atoms with Crippen molar-refractivity contribution in [2.45, 2.75) is 6.42 Å². The second kappa shape index (κ2) is 7.31. The minimum absolute atomic E-state index is 0.0319. The number of nitrogens with zero attached hydrogens (tertiary/aromatic N) is 1. The lowest BCUT2D eigenvalue weighted by Gasteiger charge is -2.06. The predicted octanol–water partition coefficient (Wildman–Crippen LogP) is 3.54. The van der Waals surface area contributed by atoms with Gasteiger partial charge in [-0.15, -0.1) is 11.3 Å². The molecule has 0 saturated heterocycles. The van der Waals surface area contributed by atoms with Crippen molar-refractivity contribution in [1.82, 2.24) is 4.98 Å². The molecule has 3 aromatic rings. The first kappa shape index (κ1) is 16.9. The highest BCUT2D eigenvalue weighted by Crippen LogP contribution is 2.30. The molecule has 1 aromatic heterocycles. The summed E-state index contributed by atoms with van der Waals surface area (Å²) in [5.41, 5.74) is 0.994. The molecule has 128 valence electrons. The number of rotatable bonds is 5. The number of aromatic nitrogens is 1. The van der Waals surface area contributed by atoms with Gasteiger partial charge < -0.3 is 14.8 Å². The van der Waals surface area contributed by atoms with Crippen molar-refractivity contribution in [3.63, 3.8) is 0 Å². The van der Waals surface area contributed by atoms with Crippen LogP contribution in [0.3, 0.4) is 0 Å². The third-order valence-corrected chi connectivity index (χ3v) is 4.61. The molecule has 0 bridgehead atoms. The van der Waals surface area contributed by atoms with Gasteiger partial charge in [0.25, 0.3) is 0 Å². The number of esters is 2. The van der Waals surface area contributed by atoms with Gasteiger partial charge in [0.2, 0.25) is 0 Å². The SMILES string of the molecule is COC(=O)Cc1sc(Nc2cccc3ccccc23)nc1C(=O)OC. The fourth-order valence-corrected chi connectivity index (χ4v) is 3.38. The van der Waals surface area contributed by atoms with E-state index >= 15 is 0 Å². The first-order valence-corrected chi connectivity index (χ1v) is 8.33. The number of fused-ring (bicyclic) bond motifs is 1. The molecule has 0 fully saturated rings. The van der Waals surface area contributed by atoms with Crippen LogP contribution in [-0.4, -0.2) is 31.1 Å². The molecule has 0 atom stereocenters. The Morgan fingerprint density at radius 2 is 1.84 bits per heavy atom. The van der Waals surface area contributed by atoms with Crippen molar-refractivity contribution >= 4 is 44.9 Å². The number of carbonyl (C=O) groups excluding carboxylic acids is 2. The number of anilines is 2. The number of hydrogen-bond acceptors (Lipinski definition) is 7. The van der Waals surface area contributed by atoms with E-state index in [1.807, 2.05) is 42.5 Å². The molecular formula is C18H16N2O4S. The molecule has 1 N–H and O–H groups in total. The van der Waals surface area contributed by atoms with E-state index in [1.54, 1.807) is 0 Å². The standard InChI is InChI=1S/C18H16N2O4S/c1-23-15(21)10-14-16(17(22)24-2)20-18(25-14)19-13-9-5-7-11-6-3-4-8-12(11)13/h3-9H,10H2,1-2H3,(H,19,20). The molecule has 3 rings (SSSR count). The van der Waals surface area contributed by atoms with Crippen molar-refractivity contribution in [3.8, 4) is 0 Å². The van der Waals surface area contributed by atoms with Gasteiger partial charge in [-0.2, -0.15) is 0 Å². The summed E-state index contributed by atoms with van der Waals surface area (Å²) < 4.78 is 9.43. The smallest absolute Gasteiger partial charge is 0.357 e. The number of methoxy groups -OCH3 is 2. The van der Waals surface area contributed by atoms with Gasteiger partial charge in [-0.25, -0.2) is 9.78 Å². The molecule has 1 heterocycles. The normalized spacial score (nSPS) is 10.5. The Morgan fingerprint density at radius 1 is 1.08 bits per heavy atom. The Balaban J connectivity index is 1.96. The summed E-state index contributed by atoms with van der Waals surface area (Å²) >= 11 is 1.23. The summed E-state index contributed by atoms with van der Waals surface area (Å²) in [6.45, 7) is 0. The maximum atomic E-state index is 11.9. The molecule has 0 unspecified atom stereocenters. The highest BCUT2D eigenvalue weighted by molar-refractivity contribution is 7.16. The minimum atomic E-state index is -0.582. The lowest BCUT2D eigenvalue weighted by molar-refractivity contribution is -0.139. The first-order chi connectivity index (χ1) is 12.1. The Labute approximate surface area is 148 Å². The van der Waals surface area contributed by atoms with Gasteiger partial charge in [-0.05, 0) is 11.5 Å². The van der Waals surface area contributed by atoms with Gasteiger partial charge >= 0.3 is 11.9 Å². The number of ether oxygens (including phenoxy) is 2. The van der Waals surface area contributed by atoms with Gasteiger partial charge in [-0.3, -0.25) is 4.79 Å². The monoisotopic (exact) mass is 356 g/mol. The zero-order valence-corrected chi connectivity index (χ0v) is 14.6. The van der Waals surface area contributed by atoms with Gasteiger partial charge in [0.15, 0.2) is 10.8 Å². The average Bonchev–Trinajstić information content (AvgIpc) is 3.03. The molecule has 0 aliphatic carbocycles. The van der Waals surface area contributed by atoms with E-state index in [9.17, 15) is 9.59 Å². The Kier molecular flexibility index (Phi) is 4.95. The molecule has 0 amide bonds. The van der Waals surface area contributed by atoms with E-state index in [0.717, 1.165) is 16.5 Å². The van der Waals surface area contributed by atoms with E-state index in [0.29, 0.717) is 10.0 Å². The van der Waals surface area contributed by atoms with Gasteiger partial charge in [0.1, 0.15) is 0 Å². The van der Waals surface area contributed by atoms with E-state index in [2.05, 4.69) is 15.0 Å². The van der Waals surface area contributed by atoms with Crippen molar-refractivity contribution in [2.24, 2.45) is 0 Å². The molecule has 7 heteroatoms. The minimum Gasteiger partial charge on any atom is -0.469 e. The summed E-state index contributed by atoms with van der Waals surface area (Å²) in [6.07, 6.45) is -0.0319. The zero-order chi connectivity index (χ0) is 17.8. The Morgan fingerprint density at radius 3 is 2.60 bits per heavy atom. The van der Waals surface area contributed by atoms with Crippen LogP contribution in [0.1, 0.15) is 15.4 Å². The molecule has 2 aromatic carbocycles. The zero-order valence-electron chi connectivity index (χ0n) is 13.7. The van der Waals surface area contributed by atoms with E-state index in [-0.39, 0.29) is 12.1 Å². The molecule has 0 spiro atoms. The quantitative estimate of drug-likeness (QED) is 0.705. The Hall–Kier alpha value is -2.93. The van der Waals surface area contributed by atoms with Crippen LogP contribution < -0.4 is 5.32 Å². The molecule has 0 aliphatic heterocycles. The van der Waals surface area contributed by atoms with E-state index in [1.165, 1.54) is 25.6 Å². The third kappa shape index (κ3) is 3.61. The van der Waals surface area contributed by atoms with Crippen LogP contribution in [0.5, 0.6) is 0 Å². The predicted molar refractivity (Wildman–Crippen MR) is 96.4 cm³/mol. The summed E-state index contributed by atoms with van der Waals surface area (Å²) in [6, 6.07) is 13.8. The van der Waals surface area contributed by atoms with Crippen LogP contribution in [0.4, 0.5) is 10.8 Å². The summed E-state index contributed by atoms with van der Waals surface area (Å²) in [7, 11) is 2.58. The molecule has 25 heavy (non-hydrogen) atoms. The van der Waals surface area contributed by atoms with E-state index in [4.69, 9.17) is 4.74 Å². The second-order valence-corrected chi connectivity index (χ2v) is 6.27. The van der Waals surface area contributed by atoms with E-state index < -0.39 is 11.9 Å². The topological polar surface area (TPSA) is 77.5 Å². The molecule has 0 saturated carbocycles. The molecular weight excluding hydrogens is 340 g/mol. The van der Waals surface area contributed by atoms with Crippen LogP contribution in [0.2, 0.25) is 0 Å². The van der Waals surface area contributed by atoms with Gasteiger partial charge in [0.05, 0.1) is 25.5 Å². The van der Waals surface area contributed by atoms with Gasteiger partial charge in [-0.1, -0.05) is 36.4 Å². The third-order valence-electron chi connectivity index (χ3n) is 3.64. The first-order valence-electron chi connectivity index (χ1n) is 7.52. The average molecular weight is 356 g/mol. The highest BCUT2D eigenvalue weighted by atomic mass is 32.1. The van der Waals surface area contributed by atoms with Crippen LogP contribution in [-0.2, 0) is 20.7 Å². The van der Waals surface area contributed by atoms with Crippen LogP contribution in [0.25, 0.3) is 10.8 Å². The van der Waals surface area contributed by atoms with Crippen molar-refractivity contribution in [3.05, 3.63) is 53.0 Å². The number of benzene rings is 2. The lowest BCUT2D eigenvalue weighted by atomic mass is 10.1. The van der Waals surface area contributed by atoms with Crippen molar-refractivity contribution < 1.29 is 19.1 Å². The Bertz CT molecular complexity index is 930. The van der Waals surface area contributed by atoms with Crippen molar-refractivity contribution in [2.75, 3.05) is 19.5 Å². The fraction of sp³-hybridized carbons (Fsp3) is 0.167. The van der Waals surface area contributed by atoms with Crippen molar-refractivity contribution in [1.29, 1.82) is 0 Å². The fourth-order valence-electron chi connectivity index (χ4n) is 2.43. The maximum absolute atomic E-state index is 11.9. The molecule has 0 aliphatic rings. The van der Waals surface area contributed by atoms with Gasteiger partial charge in [0, 0.05) is 11.1 Å². The summed E-state index contributed by atoms with van der Waals surface area (Å²) in [4.78, 5) is 28.3. The molecule has 6 nitrogen and oxygen atoms in total. The number of nitrogens with one attached hydrogen (secondary N) is 1. The number of carbonyl (C=O) groups is 2. The van der Waals surface area contributed by atoms with Crippen LogP contribution in [0, 0.1) is 0 Å². The maximum Gasteiger partial charge on any atom is 0.357 e. The highest BCUT2D eigenvalue weighted by Gasteiger charge is 2.21. The molecule has 0 radical (unpaired) electrons. The number of hydrogen-bond donors (Lipinski definition) is 1. The largest absolute Gasteiger partial charge is 0.469 e. The second-order valence-electron chi connectivity index (χ2n) is 5.19. The summed E-state index contributed by atoms with van der Waals surface area (Å²) in [5.74, 6) is -1.02. The van der Waals surface area contributed by atoms with Crippen LogP contribution >= 0.6 is 11.3 Å². The summed E-state index contributed by atoms with van der Waals surface area (Å²) in [5, 5.41) is 5.86.